The van der Waals surface area contributed by atoms with Crippen molar-refractivity contribution >= 4 is 17.7 Å². The lowest BCUT2D eigenvalue weighted by molar-refractivity contribution is 0.0939. The summed E-state index contributed by atoms with van der Waals surface area (Å²) in [6.45, 7) is 3.53. The maximum Gasteiger partial charge on any atom is 0.251 e. The van der Waals surface area contributed by atoms with Gasteiger partial charge in [0.2, 0.25) is 0 Å². The van der Waals surface area contributed by atoms with Crippen LogP contribution in [0.15, 0.2) is 54.7 Å². The van der Waals surface area contributed by atoms with Gasteiger partial charge < -0.3 is 21.6 Å². The highest BCUT2D eigenvalue weighted by Crippen LogP contribution is 2.25. The van der Waals surface area contributed by atoms with Gasteiger partial charge in [-0.3, -0.25) is 4.79 Å². The molecule has 0 radical (unpaired) electrons. The Labute approximate surface area is 147 Å². The minimum Gasteiger partial charge on any atom is -0.404 e. The van der Waals surface area contributed by atoms with E-state index in [4.69, 9.17) is 11.1 Å². The van der Waals surface area contributed by atoms with E-state index in [2.05, 4.69) is 5.32 Å². The number of carbonyl (C=O) groups is 1. The van der Waals surface area contributed by atoms with Gasteiger partial charge in [0.1, 0.15) is 0 Å². The Bertz CT molecular complexity index is 783. The summed E-state index contributed by atoms with van der Waals surface area (Å²) in [5.74, 6) is -0.224. The fraction of sp³-hybridized carbons (Fsp3) is 0.200. The molecule has 1 amide bonds. The van der Waals surface area contributed by atoms with E-state index in [1.165, 1.54) is 6.20 Å². The van der Waals surface area contributed by atoms with Crippen LogP contribution in [0.4, 0.5) is 0 Å². The fourth-order valence-electron chi connectivity index (χ4n) is 2.63. The van der Waals surface area contributed by atoms with Crippen molar-refractivity contribution in [2.24, 2.45) is 5.73 Å². The SMILES string of the molecule is CC(O)c1cc(C(=O)NC(C)c2ccccc2)ccc1/C(C=N)=C/N. The van der Waals surface area contributed by atoms with Crippen molar-refractivity contribution in [3.63, 3.8) is 0 Å². The molecule has 0 fully saturated rings. The number of carbonyl (C=O) groups excluding carboxylic acids is 1. The van der Waals surface area contributed by atoms with Gasteiger partial charge in [-0.2, -0.15) is 0 Å². The first-order chi connectivity index (χ1) is 12.0. The molecular weight excluding hydrogens is 314 g/mol. The average Bonchev–Trinajstić information content (AvgIpc) is 2.63. The van der Waals surface area contributed by atoms with Crippen LogP contribution in [0.2, 0.25) is 0 Å². The van der Waals surface area contributed by atoms with Crippen LogP contribution in [-0.4, -0.2) is 17.2 Å². The van der Waals surface area contributed by atoms with Crippen molar-refractivity contribution < 1.29 is 9.90 Å². The fourth-order valence-corrected chi connectivity index (χ4v) is 2.63. The predicted octanol–water partition coefficient (Wildman–Crippen LogP) is 3.18. The van der Waals surface area contributed by atoms with Gasteiger partial charge in [0.15, 0.2) is 0 Å². The number of hydrogen-bond donors (Lipinski definition) is 4. The van der Waals surface area contributed by atoms with E-state index in [0.717, 1.165) is 11.8 Å². The first-order valence-corrected chi connectivity index (χ1v) is 8.08. The zero-order valence-electron chi connectivity index (χ0n) is 14.4. The molecule has 2 rings (SSSR count). The summed E-state index contributed by atoms with van der Waals surface area (Å²) < 4.78 is 0. The second-order valence-corrected chi connectivity index (χ2v) is 5.85. The largest absolute Gasteiger partial charge is 0.404 e. The number of nitrogens with one attached hydrogen (secondary N) is 2. The summed E-state index contributed by atoms with van der Waals surface area (Å²) in [6.07, 6.45) is 1.65. The first-order valence-electron chi connectivity index (χ1n) is 8.08. The van der Waals surface area contributed by atoms with E-state index in [0.29, 0.717) is 22.3 Å². The molecule has 0 bridgehead atoms. The Morgan fingerprint density at radius 3 is 2.44 bits per heavy atom. The van der Waals surface area contributed by atoms with Crippen LogP contribution >= 0.6 is 0 Å². The van der Waals surface area contributed by atoms with Crippen LogP contribution in [0.25, 0.3) is 5.57 Å². The maximum absolute atomic E-state index is 12.5. The molecule has 0 aliphatic rings. The minimum absolute atomic E-state index is 0.135. The quantitative estimate of drug-likeness (QED) is 0.609. The van der Waals surface area contributed by atoms with Gasteiger partial charge in [-0.25, -0.2) is 0 Å². The van der Waals surface area contributed by atoms with Gasteiger partial charge in [0, 0.05) is 23.6 Å². The first kappa shape index (κ1) is 18.4. The second-order valence-electron chi connectivity index (χ2n) is 5.85. The molecule has 2 aromatic rings. The van der Waals surface area contributed by atoms with Crippen LogP contribution in [0.5, 0.6) is 0 Å². The topological polar surface area (TPSA) is 99.2 Å². The van der Waals surface area contributed by atoms with Gasteiger partial charge in [-0.1, -0.05) is 36.4 Å². The molecular formula is C20H23N3O2. The van der Waals surface area contributed by atoms with E-state index >= 15 is 0 Å². The summed E-state index contributed by atoms with van der Waals surface area (Å²) in [7, 11) is 0. The number of allylic oxidation sites excluding steroid dienone is 1. The molecule has 0 aliphatic heterocycles. The summed E-state index contributed by atoms with van der Waals surface area (Å²) in [5, 5.41) is 20.4. The van der Waals surface area contributed by atoms with E-state index in [1.807, 2.05) is 37.3 Å². The number of nitrogens with two attached hydrogens (primary N) is 1. The third kappa shape index (κ3) is 4.33. The minimum atomic E-state index is -0.788. The Hall–Kier alpha value is -2.92. The van der Waals surface area contributed by atoms with Crippen molar-refractivity contribution in [1.82, 2.24) is 5.32 Å². The van der Waals surface area contributed by atoms with Crippen molar-refractivity contribution in [3.8, 4) is 0 Å². The normalized spacial score (nSPS) is 13.8. The standard InChI is InChI=1S/C20H23N3O2/c1-13(15-6-4-3-5-7-15)23-20(25)16-8-9-18(17(11-21)12-22)19(10-16)14(2)24/h3-14,21,24H,22H2,1-2H3,(H,23,25)/b17-12+,21-11?. The average molecular weight is 337 g/mol. The van der Waals surface area contributed by atoms with Crippen LogP contribution in [0.3, 0.4) is 0 Å². The number of rotatable bonds is 6. The monoisotopic (exact) mass is 337 g/mol. The van der Waals surface area contributed by atoms with Gasteiger partial charge in [0.25, 0.3) is 5.91 Å². The third-order valence-electron chi connectivity index (χ3n) is 4.06. The van der Waals surface area contributed by atoms with Crippen molar-refractivity contribution in [3.05, 3.63) is 77.0 Å². The molecule has 2 atom stereocenters. The molecule has 25 heavy (non-hydrogen) atoms. The van der Waals surface area contributed by atoms with Crippen LogP contribution < -0.4 is 11.1 Å². The highest BCUT2D eigenvalue weighted by molar-refractivity contribution is 6.09. The van der Waals surface area contributed by atoms with Gasteiger partial charge >= 0.3 is 0 Å². The van der Waals surface area contributed by atoms with E-state index in [-0.39, 0.29) is 11.9 Å². The molecule has 130 valence electrons. The smallest absolute Gasteiger partial charge is 0.251 e. The number of aliphatic hydroxyl groups is 1. The molecule has 0 aromatic heterocycles. The molecule has 5 heteroatoms. The lowest BCUT2D eigenvalue weighted by atomic mass is 9.95. The van der Waals surface area contributed by atoms with E-state index < -0.39 is 6.10 Å². The van der Waals surface area contributed by atoms with Crippen molar-refractivity contribution in [2.75, 3.05) is 0 Å². The number of aliphatic hydroxyl groups excluding tert-OH is 1. The van der Waals surface area contributed by atoms with Crippen LogP contribution in [0, 0.1) is 5.41 Å². The number of benzene rings is 2. The third-order valence-corrected chi connectivity index (χ3v) is 4.06. The molecule has 0 spiro atoms. The molecule has 0 heterocycles. The number of hydrogen-bond acceptors (Lipinski definition) is 4. The summed E-state index contributed by atoms with van der Waals surface area (Å²) >= 11 is 0. The van der Waals surface area contributed by atoms with Gasteiger partial charge in [-0.15, -0.1) is 0 Å². The lowest BCUT2D eigenvalue weighted by Gasteiger charge is -2.17. The molecule has 0 saturated heterocycles. The number of amides is 1. The second kappa shape index (κ2) is 8.26. The zero-order valence-corrected chi connectivity index (χ0v) is 14.4. The lowest BCUT2D eigenvalue weighted by Crippen LogP contribution is -2.26. The molecule has 0 saturated carbocycles. The van der Waals surface area contributed by atoms with E-state index in [9.17, 15) is 9.90 Å². The predicted molar refractivity (Wildman–Crippen MR) is 100 cm³/mol. The molecule has 0 aliphatic carbocycles. The van der Waals surface area contributed by atoms with Crippen molar-refractivity contribution in [2.45, 2.75) is 26.0 Å². The molecule has 2 aromatic carbocycles. The summed E-state index contributed by atoms with van der Waals surface area (Å²) in [4.78, 5) is 12.5. The van der Waals surface area contributed by atoms with E-state index in [1.54, 1.807) is 25.1 Å². The molecule has 5 N–H and O–H groups in total. The maximum atomic E-state index is 12.5. The zero-order chi connectivity index (χ0) is 18.4. The molecule has 2 unspecified atom stereocenters. The Kier molecular flexibility index (Phi) is 6.08. The highest BCUT2D eigenvalue weighted by atomic mass is 16.3. The Morgan fingerprint density at radius 1 is 1.20 bits per heavy atom. The Morgan fingerprint density at radius 2 is 1.88 bits per heavy atom. The van der Waals surface area contributed by atoms with Crippen LogP contribution in [0.1, 0.15) is 53.0 Å². The Balaban J connectivity index is 2.28. The summed E-state index contributed by atoms with van der Waals surface area (Å²) in [6, 6.07) is 14.6. The van der Waals surface area contributed by atoms with Crippen molar-refractivity contribution in [1.29, 1.82) is 5.41 Å². The summed E-state index contributed by atoms with van der Waals surface area (Å²) in [5.41, 5.74) is 8.68. The van der Waals surface area contributed by atoms with Gasteiger partial charge in [0.05, 0.1) is 12.1 Å². The van der Waals surface area contributed by atoms with Gasteiger partial charge in [-0.05, 0) is 42.7 Å². The molecule has 5 nitrogen and oxygen atoms in total. The highest BCUT2D eigenvalue weighted by Gasteiger charge is 2.16. The van der Waals surface area contributed by atoms with Crippen LogP contribution in [-0.2, 0) is 0 Å².